The van der Waals surface area contributed by atoms with Gasteiger partial charge in [0, 0.05) is 15.6 Å². The molecule has 0 aliphatic carbocycles. The number of hydrogen-bond acceptors (Lipinski definition) is 9. The third-order valence-corrected chi connectivity index (χ3v) is 6.36. The summed E-state index contributed by atoms with van der Waals surface area (Å²) in [6.45, 7) is 2.59. The van der Waals surface area contributed by atoms with Crippen molar-refractivity contribution in [3.8, 4) is 22.1 Å². The van der Waals surface area contributed by atoms with Gasteiger partial charge in [-0.1, -0.05) is 64.5 Å². The lowest BCUT2D eigenvalue weighted by Gasteiger charge is -2.09. The van der Waals surface area contributed by atoms with E-state index in [0.717, 1.165) is 23.3 Å². The van der Waals surface area contributed by atoms with Gasteiger partial charge in [-0.3, -0.25) is 14.9 Å². The molecule has 0 aliphatic rings. The molecule has 2 amide bonds. The Kier molecular flexibility index (Phi) is 9.48. The maximum atomic E-state index is 12.7. The van der Waals surface area contributed by atoms with Gasteiger partial charge in [0.1, 0.15) is 16.5 Å². The van der Waals surface area contributed by atoms with E-state index in [1.807, 2.05) is 37.3 Å². The molecule has 0 bridgehead atoms. The molecule has 12 heteroatoms. The average molecular weight is 608 g/mol. The molecule has 0 radical (unpaired) electrons. The van der Waals surface area contributed by atoms with Crippen LogP contribution in [0.1, 0.15) is 29.3 Å². The maximum Gasteiger partial charge on any atom is 0.343 e. The highest BCUT2D eigenvalue weighted by molar-refractivity contribution is 9.10. The highest BCUT2D eigenvalue weighted by atomic mass is 79.9. The summed E-state index contributed by atoms with van der Waals surface area (Å²) >= 11 is 4.49. The molecule has 0 aliphatic heterocycles. The summed E-state index contributed by atoms with van der Waals surface area (Å²) in [5, 5.41) is 14.9. The van der Waals surface area contributed by atoms with E-state index in [1.165, 1.54) is 6.21 Å². The van der Waals surface area contributed by atoms with Crippen LogP contribution in [0.4, 0.5) is 5.13 Å². The van der Waals surface area contributed by atoms with Crippen LogP contribution in [0.3, 0.4) is 0 Å². The first-order valence-electron chi connectivity index (χ1n) is 11.7. The topological polar surface area (TPSA) is 132 Å². The van der Waals surface area contributed by atoms with Crippen molar-refractivity contribution in [3.05, 3.63) is 88.4 Å². The number of nitrogens with one attached hydrogen (secondary N) is 2. The summed E-state index contributed by atoms with van der Waals surface area (Å²) in [6.07, 6.45) is 2.14. The van der Waals surface area contributed by atoms with Crippen molar-refractivity contribution in [3.63, 3.8) is 0 Å². The van der Waals surface area contributed by atoms with Gasteiger partial charge in [-0.2, -0.15) is 5.10 Å². The van der Waals surface area contributed by atoms with Crippen molar-refractivity contribution in [1.29, 1.82) is 0 Å². The number of rotatable bonds is 9. The van der Waals surface area contributed by atoms with Crippen molar-refractivity contribution >= 4 is 56.4 Å². The molecule has 0 atom stereocenters. The summed E-state index contributed by atoms with van der Waals surface area (Å²) in [6, 6.07) is 20.9. The molecule has 2 N–H and O–H groups in total. The molecule has 39 heavy (non-hydrogen) atoms. The number of benzene rings is 3. The fourth-order valence-electron chi connectivity index (χ4n) is 3.12. The standard InChI is InChI=1S/C27H22BrN5O5S/c1-2-14-37-21-11-8-18(9-12-21)26(36)38-22-13-10-20(28)15-19(22)16-29-31-24(35)23(34)30-27-33-32-25(39-27)17-6-4-3-5-7-17/h3-13,15-16H,2,14H2,1H3,(H,31,35)(H,30,33,34). The number of ether oxygens (including phenoxy) is 2. The van der Waals surface area contributed by atoms with Gasteiger partial charge in [-0.15, -0.1) is 10.2 Å². The van der Waals surface area contributed by atoms with Gasteiger partial charge in [0.05, 0.1) is 18.4 Å². The van der Waals surface area contributed by atoms with E-state index in [2.05, 4.69) is 42.0 Å². The summed E-state index contributed by atoms with van der Waals surface area (Å²) in [4.78, 5) is 37.2. The van der Waals surface area contributed by atoms with Crippen LogP contribution in [0, 0.1) is 0 Å². The predicted octanol–water partition coefficient (Wildman–Crippen LogP) is 5.06. The first kappa shape index (κ1) is 27.6. The first-order valence-corrected chi connectivity index (χ1v) is 13.3. The number of aromatic nitrogens is 2. The Hall–Kier alpha value is -4.42. The predicted molar refractivity (Wildman–Crippen MR) is 151 cm³/mol. The summed E-state index contributed by atoms with van der Waals surface area (Å²) in [5.41, 5.74) is 3.71. The van der Waals surface area contributed by atoms with Crippen molar-refractivity contribution in [2.24, 2.45) is 5.10 Å². The second kappa shape index (κ2) is 13.4. The zero-order chi connectivity index (χ0) is 27.6. The third kappa shape index (κ3) is 7.79. The fraction of sp³-hybridized carbons (Fsp3) is 0.111. The Morgan fingerprint density at radius 1 is 1.00 bits per heavy atom. The molecular formula is C27H22BrN5O5S. The lowest BCUT2D eigenvalue weighted by molar-refractivity contribution is -0.136. The van der Waals surface area contributed by atoms with E-state index in [-0.39, 0.29) is 10.9 Å². The number of anilines is 1. The van der Waals surface area contributed by atoms with Gasteiger partial charge in [-0.05, 0) is 48.9 Å². The molecule has 1 aromatic heterocycles. The van der Waals surface area contributed by atoms with Gasteiger partial charge >= 0.3 is 17.8 Å². The fourth-order valence-corrected chi connectivity index (χ4v) is 4.24. The molecule has 0 saturated carbocycles. The number of amides is 2. The summed E-state index contributed by atoms with van der Waals surface area (Å²) in [7, 11) is 0. The van der Waals surface area contributed by atoms with E-state index < -0.39 is 17.8 Å². The summed E-state index contributed by atoms with van der Waals surface area (Å²) in [5.74, 6) is -1.69. The van der Waals surface area contributed by atoms with Crippen LogP contribution in [-0.4, -0.2) is 40.8 Å². The minimum Gasteiger partial charge on any atom is -0.494 e. The van der Waals surface area contributed by atoms with Crippen LogP contribution in [0.15, 0.2) is 82.4 Å². The molecule has 1 heterocycles. The number of carbonyl (C=O) groups excluding carboxylic acids is 3. The minimum absolute atomic E-state index is 0.170. The monoisotopic (exact) mass is 607 g/mol. The first-order chi connectivity index (χ1) is 18.9. The molecule has 10 nitrogen and oxygen atoms in total. The minimum atomic E-state index is -1.01. The van der Waals surface area contributed by atoms with Crippen LogP contribution in [0.2, 0.25) is 0 Å². The van der Waals surface area contributed by atoms with E-state index in [4.69, 9.17) is 9.47 Å². The van der Waals surface area contributed by atoms with Crippen molar-refractivity contribution in [2.75, 3.05) is 11.9 Å². The number of esters is 1. The van der Waals surface area contributed by atoms with Crippen molar-refractivity contribution < 1.29 is 23.9 Å². The van der Waals surface area contributed by atoms with Crippen LogP contribution >= 0.6 is 27.3 Å². The second-order valence-corrected chi connectivity index (χ2v) is 9.77. The largest absolute Gasteiger partial charge is 0.494 e. The SMILES string of the molecule is CCCOc1ccc(C(=O)Oc2ccc(Br)cc2C=NNC(=O)C(=O)Nc2nnc(-c3ccccc3)s2)cc1. The molecule has 0 unspecified atom stereocenters. The normalized spacial score (nSPS) is 10.7. The van der Waals surface area contributed by atoms with Crippen LogP contribution in [0.25, 0.3) is 10.6 Å². The smallest absolute Gasteiger partial charge is 0.343 e. The Morgan fingerprint density at radius 3 is 2.51 bits per heavy atom. The summed E-state index contributed by atoms with van der Waals surface area (Å²) < 4.78 is 11.8. The van der Waals surface area contributed by atoms with E-state index in [0.29, 0.717) is 33.0 Å². The van der Waals surface area contributed by atoms with Gasteiger partial charge in [0.2, 0.25) is 5.13 Å². The number of hydrazone groups is 1. The molecule has 0 fully saturated rings. The Bertz CT molecular complexity index is 1490. The molecule has 3 aromatic carbocycles. The molecule has 4 rings (SSSR count). The van der Waals surface area contributed by atoms with E-state index in [1.54, 1.807) is 42.5 Å². The number of nitrogens with zero attached hydrogens (tertiary/aromatic N) is 3. The third-order valence-electron chi connectivity index (χ3n) is 4.98. The number of hydrogen-bond donors (Lipinski definition) is 2. The van der Waals surface area contributed by atoms with E-state index in [9.17, 15) is 14.4 Å². The highest BCUT2D eigenvalue weighted by Crippen LogP contribution is 2.26. The van der Waals surface area contributed by atoms with Crippen molar-refractivity contribution in [2.45, 2.75) is 13.3 Å². The highest BCUT2D eigenvalue weighted by Gasteiger charge is 2.17. The molecular weight excluding hydrogens is 586 g/mol. The van der Waals surface area contributed by atoms with Crippen LogP contribution < -0.4 is 20.2 Å². The van der Waals surface area contributed by atoms with Crippen LogP contribution in [0.5, 0.6) is 11.5 Å². The van der Waals surface area contributed by atoms with Crippen LogP contribution in [-0.2, 0) is 9.59 Å². The zero-order valence-electron chi connectivity index (χ0n) is 20.6. The quantitative estimate of drug-likeness (QED) is 0.0893. The number of carbonyl (C=O) groups is 3. The Balaban J connectivity index is 1.36. The van der Waals surface area contributed by atoms with Gasteiger partial charge < -0.3 is 9.47 Å². The second-order valence-electron chi connectivity index (χ2n) is 7.88. The molecule has 0 spiro atoms. The Labute approximate surface area is 236 Å². The van der Waals surface area contributed by atoms with Gasteiger partial charge in [0.25, 0.3) is 0 Å². The maximum absolute atomic E-state index is 12.7. The number of halogens is 1. The lowest BCUT2D eigenvalue weighted by Crippen LogP contribution is -2.32. The Morgan fingerprint density at radius 2 is 1.77 bits per heavy atom. The lowest BCUT2D eigenvalue weighted by atomic mass is 10.2. The van der Waals surface area contributed by atoms with Gasteiger partial charge in [0.15, 0.2) is 0 Å². The molecule has 198 valence electrons. The zero-order valence-corrected chi connectivity index (χ0v) is 23.0. The average Bonchev–Trinajstić information content (AvgIpc) is 3.42. The molecule has 0 saturated heterocycles. The molecule has 4 aromatic rings. The van der Waals surface area contributed by atoms with Crippen molar-refractivity contribution in [1.82, 2.24) is 15.6 Å². The van der Waals surface area contributed by atoms with Gasteiger partial charge in [-0.25, -0.2) is 10.2 Å². The van der Waals surface area contributed by atoms with E-state index >= 15 is 0 Å².